The van der Waals surface area contributed by atoms with Crippen molar-refractivity contribution in [3.63, 3.8) is 0 Å². The number of hydrogen-bond acceptors (Lipinski definition) is 4. The number of benzene rings is 1. The number of ether oxygens (including phenoxy) is 3. The van der Waals surface area contributed by atoms with E-state index in [1.165, 1.54) is 0 Å². The molecular weight excluding hydrogens is 242 g/mol. The second-order valence-electron chi connectivity index (χ2n) is 3.51. The predicted octanol–water partition coefficient (Wildman–Crippen LogP) is 2.26. The zero-order valence-electron chi connectivity index (χ0n) is 10.4. The molecule has 1 rings (SSSR count). The van der Waals surface area contributed by atoms with Crippen LogP contribution in [-0.4, -0.2) is 27.9 Å². The fourth-order valence-electron chi connectivity index (χ4n) is 1.72. The van der Waals surface area contributed by atoms with Crippen molar-refractivity contribution in [2.75, 3.05) is 27.9 Å². The Morgan fingerprint density at radius 2 is 1.65 bits per heavy atom. The normalized spacial score (nSPS) is 10.2. The second-order valence-corrected chi connectivity index (χ2v) is 3.92. The molecule has 0 saturated heterocycles. The molecule has 96 valence electrons. The SMILES string of the molecule is COc1c(Cl)cc(CCCN)c(OC)c1OC. The van der Waals surface area contributed by atoms with Crippen molar-refractivity contribution in [1.82, 2.24) is 0 Å². The standard InChI is InChI=1S/C12H18ClNO3/c1-15-10-8(5-4-6-14)7-9(13)11(16-2)12(10)17-3/h7H,4-6,14H2,1-3H3. The molecule has 0 atom stereocenters. The van der Waals surface area contributed by atoms with E-state index in [0.29, 0.717) is 28.8 Å². The summed E-state index contributed by atoms with van der Waals surface area (Å²) in [6.07, 6.45) is 1.65. The topological polar surface area (TPSA) is 53.7 Å². The lowest BCUT2D eigenvalue weighted by molar-refractivity contribution is 0.322. The van der Waals surface area contributed by atoms with Crippen molar-refractivity contribution in [3.8, 4) is 17.2 Å². The number of hydrogen-bond donors (Lipinski definition) is 1. The fraction of sp³-hybridized carbons (Fsp3) is 0.500. The third-order valence-corrected chi connectivity index (χ3v) is 2.77. The third-order valence-electron chi connectivity index (χ3n) is 2.48. The average Bonchev–Trinajstić information content (AvgIpc) is 2.35. The molecule has 1 aromatic carbocycles. The summed E-state index contributed by atoms with van der Waals surface area (Å²) < 4.78 is 15.9. The maximum absolute atomic E-state index is 6.13. The highest BCUT2D eigenvalue weighted by atomic mass is 35.5. The lowest BCUT2D eigenvalue weighted by Gasteiger charge is -2.17. The van der Waals surface area contributed by atoms with Gasteiger partial charge in [-0.05, 0) is 31.0 Å². The van der Waals surface area contributed by atoms with Gasteiger partial charge in [0.2, 0.25) is 5.75 Å². The van der Waals surface area contributed by atoms with Gasteiger partial charge in [-0.15, -0.1) is 0 Å². The molecule has 0 radical (unpaired) electrons. The molecule has 0 amide bonds. The maximum Gasteiger partial charge on any atom is 0.205 e. The Morgan fingerprint density at radius 1 is 1.06 bits per heavy atom. The van der Waals surface area contributed by atoms with Gasteiger partial charge in [-0.3, -0.25) is 0 Å². The molecule has 0 aliphatic carbocycles. The molecule has 0 bridgehead atoms. The number of methoxy groups -OCH3 is 3. The summed E-state index contributed by atoms with van der Waals surface area (Å²) in [5, 5.41) is 0.511. The summed E-state index contributed by atoms with van der Waals surface area (Å²) in [7, 11) is 4.70. The van der Waals surface area contributed by atoms with Crippen molar-refractivity contribution in [2.24, 2.45) is 5.73 Å². The highest BCUT2D eigenvalue weighted by Gasteiger charge is 2.19. The molecule has 0 spiro atoms. The van der Waals surface area contributed by atoms with Gasteiger partial charge in [0.15, 0.2) is 11.5 Å². The fourth-order valence-corrected chi connectivity index (χ4v) is 2.01. The van der Waals surface area contributed by atoms with E-state index in [2.05, 4.69) is 0 Å². The zero-order chi connectivity index (χ0) is 12.8. The number of rotatable bonds is 6. The molecule has 4 nitrogen and oxygen atoms in total. The van der Waals surface area contributed by atoms with Crippen LogP contribution in [0.5, 0.6) is 17.2 Å². The van der Waals surface area contributed by atoms with Crippen LogP contribution in [-0.2, 0) is 6.42 Å². The van der Waals surface area contributed by atoms with E-state index in [-0.39, 0.29) is 0 Å². The quantitative estimate of drug-likeness (QED) is 0.851. The molecule has 17 heavy (non-hydrogen) atoms. The summed E-state index contributed by atoms with van der Waals surface area (Å²) in [4.78, 5) is 0. The molecule has 0 aromatic heterocycles. The van der Waals surface area contributed by atoms with Gasteiger partial charge in [-0.1, -0.05) is 11.6 Å². The van der Waals surface area contributed by atoms with Gasteiger partial charge in [0.25, 0.3) is 0 Å². The molecule has 0 saturated carbocycles. The summed E-state index contributed by atoms with van der Waals surface area (Å²) in [5.74, 6) is 1.67. The minimum Gasteiger partial charge on any atom is -0.492 e. The summed E-state index contributed by atoms with van der Waals surface area (Å²) in [6, 6.07) is 1.83. The van der Waals surface area contributed by atoms with Gasteiger partial charge in [-0.25, -0.2) is 0 Å². The van der Waals surface area contributed by atoms with Crippen molar-refractivity contribution in [3.05, 3.63) is 16.7 Å². The van der Waals surface area contributed by atoms with Gasteiger partial charge in [0.05, 0.1) is 26.4 Å². The summed E-state index contributed by atoms with van der Waals surface area (Å²) >= 11 is 6.13. The van der Waals surface area contributed by atoms with E-state index in [9.17, 15) is 0 Å². The van der Waals surface area contributed by atoms with Gasteiger partial charge >= 0.3 is 0 Å². The van der Waals surface area contributed by atoms with Crippen LogP contribution < -0.4 is 19.9 Å². The van der Waals surface area contributed by atoms with Crippen molar-refractivity contribution in [2.45, 2.75) is 12.8 Å². The van der Waals surface area contributed by atoms with Gasteiger partial charge < -0.3 is 19.9 Å². The Bertz CT molecular complexity index is 383. The van der Waals surface area contributed by atoms with Gasteiger partial charge in [0.1, 0.15) is 0 Å². The predicted molar refractivity (Wildman–Crippen MR) is 68.5 cm³/mol. The number of nitrogens with two attached hydrogens (primary N) is 1. The smallest absolute Gasteiger partial charge is 0.205 e. The van der Waals surface area contributed by atoms with Gasteiger partial charge in [0, 0.05) is 0 Å². The summed E-state index contributed by atoms with van der Waals surface area (Å²) in [6.45, 7) is 0.620. The van der Waals surface area contributed by atoms with Crippen LogP contribution in [0.1, 0.15) is 12.0 Å². The molecule has 0 fully saturated rings. The van der Waals surface area contributed by atoms with Crippen LogP contribution in [0, 0.1) is 0 Å². The van der Waals surface area contributed by atoms with E-state index in [0.717, 1.165) is 18.4 Å². The molecule has 0 aliphatic rings. The molecule has 0 unspecified atom stereocenters. The number of halogens is 1. The molecule has 5 heteroatoms. The van der Waals surface area contributed by atoms with E-state index in [4.69, 9.17) is 31.5 Å². The molecule has 1 aromatic rings. The van der Waals surface area contributed by atoms with Crippen LogP contribution in [0.4, 0.5) is 0 Å². The van der Waals surface area contributed by atoms with Crippen molar-refractivity contribution >= 4 is 11.6 Å². The molecular formula is C12H18ClNO3. The molecule has 0 aliphatic heterocycles. The van der Waals surface area contributed by atoms with Crippen molar-refractivity contribution < 1.29 is 14.2 Å². The first kappa shape index (κ1) is 13.9. The summed E-state index contributed by atoms with van der Waals surface area (Å²) in [5.41, 5.74) is 6.48. The Morgan fingerprint density at radius 3 is 2.12 bits per heavy atom. The monoisotopic (exact) mass is 259 g/mol. The van der Waals surface area contributed by atoms with Crippen LogP contribution >= 0.6 is 11.6 Å². The Balaban J connectivity index is 3.26. The van der Waals surface area contributed by atoms with Crippen molar-refractivity contribution in [1.29, 1.82) is 0 Å². The van der Waals surface area contributed by atoms with Crippen LogP contribution in [0.3, 0.4) is 0 Å². The first-order valence-electron chi connectivity index (χ1n) is 5.37. The molecule has 2 N–H and O–H groups in total. The number of aryl methyl sites for hydroxylation is 1. The van der Waals surface area contributed by atoms with E-state index >= 15 is 0 Å². The minimum absolute atomic E-state index is 0.488. The highest BCUT2D eigenvalue weighted by molar-refractivity contribution is 6.32. The third kappa shape index (κ3) is 2.96. The Labute approximate surface area is 107 Å². The minimum atomic E-state index is 0.488. The van der Waals surface area contributed by atoms with Crippen LogP contribution in [0.25, 0.3) is 0 Å². The van der Waals surface area contributed by atoms with Gasteiger partial charge in [-0.2, -0.15) is 0 Å². The zero-order valence-corrected chi connectivity index (χ0v) is 11.1. The maximum atomic E-state index is 6.13. The lowest BCUT2D eigenvalue weighted by atomic mass is 10.1. The van der Waals surface area contributed by atoms with Crippen LogP contribution in [0.2, 0.25) is 5.02 Å². The van der Waals surface area contributed by atoms with E-state index < -0.39 is 0 Å². The first-order valence-corrected chi connectivity index (χ1v) is 5.74. The molecule has 0 heterocycles. The van der Waals surface area contributed by atoms with E-state index in [1.54, 1.807) is 21.3 Å². The lowest BCUT2D eigenvalue weighted by Crippen LogP contribution is -2.03. The average molecular weight is 260 g/mol. The largest absolute Gasteiger partial charge is 0.492 e. The second kappa shape index (κ2) is 6.57. The highest BCUT2D eigenvalue weighted by Crippen LogP contribution is 2.45. The van der Waals surface area contributed by atoms with E-state index in [1.807, 2.05) is 6.07 Å². The Kier molecular flexibility index (Phi) is 5.38. The first-order chi connectivity index (χ1) is 8.19. The van der Waals surface area contributed by atoms with Crippen LogP contribution in [0.15, 0.2) is 6.07 Å². The Hall–Kier alpha value is -1.13.